The van der Waals surface area contributed by atoms with Gasteiger partial charge in [-0.25, -0.2) is 13.8 Å². The number of carbonyl (C=O) groups is 1. The Morgan fingerprint density at radius 2 is 2.00 bits per heavy atom. The highest BCUT2D eigenvalue weighted by atomic mass is 32.1. The molecule has 0 saturated carbocycles. The fourth-order valence-electron chi connectivity index (χ4n) is 6.40. The Morgan fingerprint density at radius 3 is 2.82 bits per heavy atom. The van der Waals surface area contributed by atoms with Crippen LogP contribution >= 0.6 is 11.3 Å². The number of nitrogens with zero attached hydrogens (tertiary/aromatic N) is 4. The van der Waals surface area contributed by atoms with E-state index in [1.165, 1.54) is 34.6 Å². The van der Waals surface area contributed by atoms with E-state index in [1.807, 2.05) is 36.2 Å². The number of nitrogens with one attached hydrogen (secondary N) is 1. The fourth-order valence-corrected chi connectivity index (χ4v) is 7.35. The van der Waals surface area contributed by atoms with E-state index in [-0.39, 0.29) is 29.4 Å². The van der Waals surface area contributed by atoms with Crippen molar-refractivity contribution in [1.29, 1.82) is 0 Å². The molecule has 1 amide bonds. The summed E-state index contributed by atoms with van der Waals surface area (Å²) in [5, 5.41) is 11.0. The van der Waals surface area contributed by atoms with Crippen molar-refractivity contribution in [3.8, 4) is 39.4 Å². The zero-order chi connectivity index (χ0) is 31.2. The molecule has 2 aliphatic heterocycles. The predicted molar refractivity (Wildman–Crippen MR) is 173 cm³/mol. The van der Waals surface area contributed by atoms with E-state index >= 15 is 4.39 Å². The summed E-state index contributed by atoms with van der Waals surface area (Å²) in [5.41, 5.74) is 6.25. The van der Waals surface area contributed by atoms with Crippen LogP contribution in [0.25, 0.3) is 43.7 Å². The lowest BCUT2D eigenvalue weighted by Gasteiger charge is -2.20. The summed E-state index contributed by atoms with van der Waals surface area (Å²) in [5.74, 6) is -1.42. The van der Waals surface area contributed by atoms with Crippen LogP contribution in [0, 0.1) is 11.6 Å². The van der Waals surface area contributed by atoms with Gasteiger partial charge in [-0.15, -0.1) is 11.3 Å². The molecule has 1 N–H and O–H groups in total. The maximum absolute atomic E-state index is 16.0. The number of thiophene rings is 1. The van der Waals surface area contributed by atoms with E-state index in [2.05, 4.69) is 35.2 Å². The zero-order valence-electron chi connectivity index (χ0n) is 25.1. The molecule has 5 heterocycles. The van der Waals surface area contributed by atoms with E-state index < -0.39 is 11.6 Å². The number of halogens is 2. The summed E-state index contributed by atoms with van der Waals surface area (Å²) in [6.45, 7) is 10.1. The molecule has 7 rings (SSSR count). The van der Waals surface area contributed by atoms with E-state index in [0.717, 1.165) is 53.3 Å². The summed E-state index contributed by atoms with van der Waals surface area (Å²) in [4.78, 5) is 19.3. The third-order valence-electron chi connectivity index (χ3n) is 8.50. The number of likely N-dealkylation sites (tertiary alicyclic amines) is 1. The van der Waals surface area contributed by atoms with Gasteiger partial charge in [-0.1, -0.05) is 18.7 Å². The van der Waals surface area contributed by atoms with Crippen LogP contribution in [0.15, 0.2) is 66.8 Å². The standard InChI is InChI=1S/C35H33F2N5O2S/c1-4-30(43)41-11-8-26(19-41)42-18-24(17-39-42)34-32(31-28(37)14-25(36)15-29(31)44-20(2)3)35-27(9-12-45-35)33(40-34)22-5-6-23-16-38-10-7-21(23)13-22/h4-6,9,12-15,17-18,20,26,38H,1,7-8,10-11,16,19H2,2-3H3. The highest BCUT2D eigenvalue weighted by molar-refractivity contribution is 7.18. The molecule has 2 aromatic carbocycles. The summed E-state index contributed by atoms with van der Waals surface area (Å²) in [6.07, 6.45) is 6.34. The van der Waals surface area contributed by atoms with Gasteiger partial charge in [-0.05, 0) is 67.9 Å². The minimum atomic E-state index is -0.723. The van der Waals surface area contributed by atoms with Crippen LogP contribution in [-0.4, -0.2) is 51.3 Å². The first kappa shape index (κ1) is 29.3. The number of benzene rings is 2. The van der Waals surface area contributed by atoms with Crippen molar-refractivity contribution in [2.24, 2.45) is 0 Å². The topological polar surface area (TPSA) is 72.3 Å². The van der Waals surface area contributed by atoms with Crippen molar-refractivity contribution in [1.82, 2.24) is 25.0 Å². The first-order chi connectivity index (χ1) is 21.8. The van der Waals surface area contributed by atoms with Crippen LogP contribution < -0.4 is 10.1 Å². The molecule has 0 bridgehead atoms. The van der Waals surface area contributed by atoms with Gasteiger partial charge in [-0.3, -0.25) is 9.48 Å². The van der Waals surface area contributed by atoms with Crippen LogP contribution in [0.4, 0.5) is 8.78 Å². The Hall–Kier alpha value is -4.41. The molecule has 2 aliphatic rings. The maximum Gasteiger partial charge on any atom is 0.246 e. The van der Waals surface area contributed by atoms with Crippen LogP contribution in [-0.2, 0) is 17.8 Å². The molecule has 1 atom stereocenters. The van der Waals surface area contributed by atoms with Gasteiger partial charge in [-0.2, -0.15) is 5.10 Å². The van der Waals surface area contributed by atoms with Crippen LogP contribution in [0.5, 0.6) is 5.75 Å². The number of fused-ring (bicyclic) bond motifs is 2. The van der Waals surface area contributed by atoms with Gasteiger partial charge in [0.1, 0.15) is 17.4 Å². The number of ether oxygens (including phenoxy) is 1. The largest absolute Gasteiger partial charge is 0.490 e. The van der Waals surface area contributed by atoms with Gasteiger partial charge in [0.15, 0.2) is 0 Å². The summed E-state index contributed by atoms with van der Waals surface area (Å²) >= 11 is 1.49. The number of pyridine rings is 1. The Labute approximate surface area is 264 Å². The second-order valence-electron chi connectivity index (χ2n) is 11.8. The van der Waals surface area contributed by atoms with E-state index in [0.29, 0.717) is 29.9 Å². The first-order valence-corrected chi connectivity index (χ1v) is 16.0. The molecule has 0 radical (unpaired) electrons. The highest BCUT2D eigenvalue weighted by Crippen LogP contribution is 2.47. The number of rotatable bonds is 7. The molecule has 0 spiro atoms. The van der Waals surface area contributed by atoms with Gasteiger partial charge in [0.25, 0.3) is 0 Å². The number of hydrogen-bond donors (Lipinski definition) is 1. The lowest BCUT2D eigenvalue weighted by atomic mass is 9.93. The highest BCUT2D eigenvalue weighted by Gasteiger charge is 2.29. The lowest BCUT2D eigenvalue weighted by Crippen LogP contribution is -2.27. The number of aromatic nitrogens is 3. The molecule has 5 aromatic rings. The van der Waals surface area contributed by atoms with Crippen molar-refractivity contribution in [3.05, 3.63) is 89.6 Å². The van der Waals surface area contributed by atoms with Crippen molar-refractivity contribution in [2.45, 2.75) is 45.4 Å². The zero-order valence-corrected chi connectivity index (χ0v) is 26.0. The Morgan fingerprint density at radius 1 is 1.13 bits per heavy atom. The van der Waals surface area contributed by atoms with Crippen LogP contribution in [0.2, 0.25) is 0 Å². The lowest BCUT2D eigenvalue weighted by molar-refractivity contribution is -0.125. The molecule has 10 heteroatoms. The average Bonchev–Trinajstić information content (AvgIpc) is 3.81. The van der Waals surface area contributed by atoms with E-state index in [4.69, 9.17) is 9.72 Å². The molecule has 7 nitrogen and oxygen atoms in total. The second-order valence-corrected chi connectivity index (χ2v) is 12.7. The third-order valence-corrected chi connectivity index (χ3v) is 9.44. The Bertz CT molecular complexity index is 1950. The normalized spacial score (nSPS) is 16.4. The average molecular weight is 626 g/mol. The first-order valence-electron chi connectivity index (χ1n) is 15.2. The number of carbonyl (C=O) groups excluding carboxylic acids is 1. The molecule has 45 heavy (non-hydrogen) atoms. The Kier molecular flexibility index (Phi) is 7.71. The van der Waals surface area contributed by atoms with Crippen molar-refractivity contribution in [2.75, 3.05) is 19.6 Å². The summed E-state index contributed by atoms with van der Waals surface area (Å²) < 4.78 is 39.2. The molecule has 0 aliphatic carbocycles. The molecule has 1 fully saturated rings. The van der Waals surface area contributed by atoms with Crippen molar-refractivity contribution < 1.29 is 18.3 Å². The number of hydrogen-bond acceptors (Lipinski definition) is 6. The minimum Gasteiger partial charge on any atom is -0.490 e. The molecule has 1 saturated heterocycles. The van der Waals surface area contributed by atoms with Gasteiger partial charge in [0.2, 0.25) is 5.91 Å². The minimum absolute atomic E-state index is 0.0207. The van der Waals surface area contributed by atoms with E-state index in [9.17, 15) is 9.18 Å². The molecular weight excluding hydrogens is 592 g/mol. The monoisotopic (exact) mass is 625 g/mol. The summed E-state index contributed by atoms with van der Waals surface area (Å²) in [6, 6.07) is 10.6. The van der Waals surface area contributed by atoms with Gasteiger partial charge in [0.05, 0.1) is 35.3 Å². The predicted octanol–water partition coefficient (Wildman–Crippen LogP) is 7.16. The second kappa shape index (κ2) is 11.8. The van der Waals surface area contributed by atoms with Crippen molar-refractivity contribution in [3.63, 3.8) is 0 Å². The van der Waals surface area contributed by atoms with Gasteiger partial charge >= 0.3 is 0 Å². The Balaban J connectivity index is 1.44. The smallest absolute Gasteiger partial charge is 0.246 e. The molecule has 1 unspecified atom stereocenters. The van der Waals surface area contributed by atoms with Gasteiger partial charge < -0.3 is 15.0 Å². The molecular formula is C35H33F2N5O2S. The van der Waals surface area contributed by atoms with Gasteiger partial charge in [0, 0.05) is 64.7 Å². The van der Waals surface area contributed by atoms with Crippen LogP contribution in [0.1, 0.15) is 37.4 Å². The quantitative estimate of drug-likeness (QED) is 0.194. The maximum atomic E-state index is 16.0. The third kappa shape index (κ3) is 5.42. The van der Waals surface area contributed by atoms with Crippen LogP contribution in [0.3, 0.4) is 0 Å². The van der Waals surface area contributed by atoms with Crippen molar-refractivity contribution >= 4 is 27.3 Å². The molecule has 3 aromatic heterocycles. The van der Waals surface area contributed by atoms with E-state index in [1.54, 1.807) is 11.1 Å². The molecule has 230 valence electrons. The fraction of sp³-hybridized carbons (Fsp3) is 0.286. The summed E-state index contributed by atoms with van der Waals surface area (Å²) in [7, 11) is 0. The number of amides is 1. The SMILES string of the molecule is C=CC(=O)N1CCC(n2cc(-c3nc(-c4ccc5c(c4)CCNC5)c4ccsc4c3-c3c(F)cc(F)cc3OC(C)C)cn2)C1.